The highest BCUT2D eigenvalue weighted by molar-refractivity contribution is 5.94. The van der Waals surface area contributed by atoms with E-state index in [1.807, 2.05) is 6.07 Å². The lowest BCUT2D eigenvalue weighted by molar-refractivity contribution is 0.0953. The molecule has 1 aromatic rings. The van der Waals surface area contributed by atoms with Crippen LogP contribution in [-0.4, -0.2) is 12.5 Å². The Morgan fingerprint density at radius 1 is 1.21 bits per heavy atom. The van der Waals surface area contributed by atoms with Crippen LogP contribution in [-0.2, 0) is 0 Å². The lowest BCUT2D eigenvalue weighted by Crippen LogP contribution is -2.24. The zero-order valence-electron chi connectivity index (χ0n) is 11.6. The van der Waals surface area contributed by atoms with E-state index in [9.17, 15) is 4.79 Å². The minimum atomic E-state index is -0.0920. The first-order chi connectivity index (χ1) is 9.27. The van der Waals surface area contributed by atoms with Crippen LogP contribution < -0.4 is 5.32 Å². The van der Waals surface area contributed by atoms with Gasteiger partial charge in [-0.15, -0.1) is 0 Å². The van der Waals surface area contributed by atoms with E-state index < -0.39 is 0 Å². The summed E-state index contributed by atoms with van der Waals surface area (Å²) in [5.41, 5.74) is 1.08. The van der Waals surface area contributed by atoms with E-state index in [-0.39, 0.29) is 5.91 Å². The maximum Gasteiger partial charge on any atom is 0.251 e. The largest absolute Gasteiger partial charge is 0.352 e. The van der Waals surface area contributed by atoms with E-state index in [4.69, 9.17) is 5.26 Å². The van der Waals surface area contributed by atoms with Crippen LogP contribution in [0.4, 0.5) is 0 Å². The minimum Gasteiger partial charge on any atom is -0.352 e. The van der Waals surface area contributed by atoms with Crippen LogP contribution in [0.25, 0.3) is 0 Å². The zero-order valence-corrected chi connectivity index (χ0v) is 11.6. The van der Waals surface area contributed by atoms with Gasteiger partial charge in [-0.3, -0.25) is 4.79 Å². The zero-order chi connectivity index (χ0) is 13.9. The first kappa shape index (κ1) is 15.2. The first-order valence-corrected chi connectivity index (χ1v) is 7.06. The predicted molar refractivity (Wildman–Crippen MR) is 76.9 cm³/mol. The molecular formula is C16H22N2O. The number of unbranched alkanes of at least 4 members (excludes halogenated alkanes) is 5. The minimum absolute atomic E-state index is 0.0920. The Bertz CT molecular complexity index is 435. The molecule has 0 aliphatic carbocycles. The number of nitrogens with one attached hydrogen (secondary N) is 1. The van der Waals surface area contributed by atoms with E-state index in [0.29, 0.717) is 17.7 Å². The van der Waals surface area contributed by atoms with Crippen LogP contribution in [0.3, 0.4) is 0 Å². The lowest BCUT2D eigenvalue weighted by atomic mass is 10.1. The molecule has 0 spiro atoms. The third kappa shape index (κ3) is 6.05. The Labute approximate surface area is 115 Å². The summed E-state index contributed by atoms with van der Waals surface area (Å²) < 4.78 is 0. The van der Waals surface area contributed by atoms with Gasteiger partial charge < -0.3 is 5.32 Å². The number of benzene rings is 1. The van der Waals surface area contributed by atoms with Gasteiger partial charge in [0.2, 0.25) is 0 Å². The number of nitriles is 1. The van der Waals surface area contributed by atoms with Gasteiger partial charge in [-0.25, -0.2) is 0 Å². The summed E-state index contributed by atoms with van der Waals surface area (Å²) in [4.78, 5) is 11.8. The molecule has 0 fully saturated rings. The van der Waals surface area contributed by atoms with Crippen molar-refractivity contribution in [3.63, 3.8) is 0 Å². The van der Waals surface area contributed by atoms with Crippen LogP contribution in [0.15, 0.2) is 24.3 Å². The summed E-state index contributed by atoms with van der Waals surface area (Å²) in [6.45, 7) is 2.91. The SMILES string of the molecule is CCCCCCCCNC(=O)c1cccc(C#N)c1. The third-order valence-electron chi connectivity index (χ3n) is 3.07. The second-order valence-corrected chi connectivity index (χ2v) is 4.72. The van der Waals surface area contributed by atoms with Crippen molar-refractivity contribution in [1.29, 1.82) is 5.26 Å². The normalized spacial score (nSPS) is 9.89. The maximum absolute atomic E-state index is 11.8. The summed E-state index contributed by atoms with van der Waals surface area (Å²) in [7, 11) is 0. The molecule has 0 aromatic heterocycles. The average Bonchev–Trinajstić information content (AvgIpc) is 2.46. The molecule has 0 atom stereocenters. The van der Waals surface area contributed by atoms with Gasteiger partial charge in [0.15, 0.2) is 0 Å². The van der Waals surface area contributed by atoms with Crippen LogP contribution in [0.1, 0.15) is 61.4 Å². The van der Waals surface area contributed by atoms with E-state index in [1.54, 1.807) is 24.3 Å². The number of amides is 1. The Balaban J connectivity index is 2.22. The van der Waals surface area contributed by atoms with Crippen molar-refractivity contribution in [3.8, 4) is 6.07 Å². The van der Waals surface area contributed by atoms with Crippen molar-refractivity contribution in [3.05, 3.63) is 35.4 Å². The van der Waals surface area contributed by atoms with Crippen molar-refractivity contribution in [1.82, 2.24) is 5.32 Å². The monoisotopic (exact) mass is 258 g/mol. The number of hydrogen-bond donors (Lipinski definition) is 1. The van der Waals surface area contributed by atoms with Crippen molar-refractivity contribution in [2.75, 3.05) is 6.54 Å². The summed E-state index contributed by atoms with van der Waals surface area (Å²) >= 11 is 0. The molecule has 19 heavy (non-hydrogen) atoms. The van der Waals surface area contributed by atoms with Crippen LogP contribution in [0, 0.1) is 11.3 Å². The predicted octanol–water partition coefficient (Wildman–Crippen LogP) is 3.65. The number of rotatable bonds is 8. The molecule has 0 unspecified atom stereocenters. The molecule has 3 nitrogen and oxygen atoms in total. The van der Waals surface area contributed by atoms with Gasteiger partial charge in [0.25, 0.3) is 5.91 Å². The molecule has 1 amide bonds. The second kappa shape index (κ2) is 9.16. The van der Waals surface area contributed by atoms with Gasteiger partial charge in [0.05, 0.1) is 11.6 Å². The van der Waals surface area contributed by atoms with E-state index in [0.717, 1.165) is 6.42 Å². The van der Waals surface area contributed by atoms with Gasteiger partial charge in [0, 0.05) is 12.1 Å². The first-order valence-electron chi connectivity index (χ1n) is 7.06. The highest BCUT2D eigenvalue weighted by atomic mass is 16.1. The molecule has 0 saturated carbocycles. The fraction of sp³-hybridized carbons (Fsp3) is 0.500. The number of nitrogens with zero attached hydrogens (tertiary/aromatic N) is 1. The Morgan fingerprint density at radius 3 is 2.68 bits per heavy atom. The highest BCUT2D eigenvalue weighted by Crippen LogP contribution is 2.06. The molecule has 0 heterocycles. The summed E-state index contributed by atoms with van der Waals surface area (Å²) in [5, 5.41) is 11.7. The van der Waals surface area contributed by atoms with Crippen molar-refractivity contribution in [2.24, 2.45) is 0 Å². The molecule has 3 heteroatoms. The Morgan fingerprint density at radius 2 is 1.95 bits per heavy atom. The van der Waals surface area contributed by atoms with Crippen molar-refractivity contribution < 1.29 is 4.79 Å². The summed E-state index contributed by atoms with van der Waals surface area (Å²) in [5.74, 6) is -0.0920. The molecule has 102 valence electrons. The molecule has 1 rings (SSSR count). The fourth-order valence-corrected chi connectivity index (χ4v) is 1.94. The fourth-order valence-electron chi connectivity index (χ4n) is 1.94. The highest BCUT2D eigenvalue weighted by Gasteiger charge is 2.04. The standard InChI is InChI=1S/C16H22N2O/c1-2-3-4-5-6-7-11-18-16(19)15-10-8-9-14(12-15)13-17/h8-10,12H,2-7,11H2,1H3,(H,18,19). The van der Waals surface area contributed by atoms with Crippen LogP contribution >= 0.6 is 0 Å². The van der Waals surface area contributed by atoms with Gasteiger partial charge in [0.1, 0.15) is 0 Å². The smallest absolute Gasteiger partial charge is 0.251 e. The molecular weight excluding hydrogens is 236 g/mol. The molecule has 1 N–H and O–H groups in total. The van der Waals surface area contributed by atoms with Gasteiger partial charge in [-0.2, -0.15) is 5.26 Å². The van der Waals surface area contributed by atoms with Crippen molar-refractivity contribution in [2.45, 2.75) is 45.4 Å². The lowest BCUT2D eigenvalue weighted by Gasteiger charge is -2.05. The summed E-state index contributed by atoms with van der Waals surface area (Å²) in [6.07, 6.45) is 7.27. The van der Waals surface area contributed by atoms with Crippen LogP contribution in [0.2, 0.25) is 0 Å². The topological polar surface area (TPSA) is 52.9 Å². The quantitative estimate of drug-likeness (QED) is 0.724. The maximum atomic E-state index is 11.8. The Kier molecular flexibility index (Phi) is 7.34. The molecule has 1 aromatic carbocycles. The molecule has 0 aliphatic rings. The Hall–Kier alpha value is -1.82. The number of carbonyl (C=O) groups is 1. The van der Waals surface area contributed by atoms with E-state index in [1.165, 1.54) is 32.1 Å². The van der Waals surface area contributed by atoms with E-state index in [2.05, 4.69) is 12.2 Å². The molecule has 0 radical (unpaired) electrons. The third-order valence-corrected chi connectivity index (χ3v) is 3.07. The van der Waals surface area contributed by atoms with Crippen LogP contribution in [0.5, 0.6) is 0 Å². The molecule has 0 aliphatic heterocycles. The van der Waals surface area contributed by atoms with E-state index >= 15 is 0 Å². The second-order valence-electron chi connectivity index (χ2n) is 4.72. The van der Waals surface area contributed by atoms with Gasteiger partial charge in [-0.1, -0.05) is 45.1 Å². The van der Waals surface area contributed by atoms with Crippen molar-refractivity contribution >= 4 is 5.91 Å². The van der Waals surface area contributed by atoms with Gasteiger partial charge >= 0.3 is 0 Å². The average molecular weight is 258 g/mol. The van der Waals surface area contributed by atoms with Gasteiger partial charge in [-0.05, 0) is 24.6 Å². The number of hydrogen-bond acceptors (Lipinski definition) is 2. The number of carbonyl (C=O) groups excluding carboxylic acids is 1. The molecule has 0 bridgehead atoms. The summed E-state index contributed by atoms with van der Waals surface area (Å²) in [6, 6.07) is 8.83. The molecule has 0 saturated heterocycles.